The fourth-order valence-electron chi connectivity index (χ4n) is 2.13. The fraction of sp³-hybridized carbons (Fsp3) is 0.571. The summed E-state index contributed by atoms with van der Waals surface area (Å²) in [5.74, 6) is 0. The Labute approximate surface area is 133 Å². The third-order valence-corrected chi connectivity index (χ3v) is 3.64. The molecular weight excluding hydrogens is 369 g/mol. The van der Waals surface area contributed by atoms with E-state index in [-0.39, 0.29) is 12.1 Å². The zero-order valence-corrected chi connectivity index (χ0v) is 14.2. The van der Waals surface area contributed by atoms with Gasteiger partial charge in [-0.2, -0.15) is 0 Å². The number of halogens is 1. The number of nitrogens with one attached hydrogen (secondary N) is 1. The molecule has 6 heteroatoms. The molecule has 0 radical (unpaired) electrons. The fourth-order valence-corrected chi connectivity index (χ4v) is 2.44. The van der Waals surface area contributed by atoms with Crippen LogP contribution in [0.5, 0.6) is 0 Å². The molecule has 0 spiro atoms. The van der Waals surface area contributed by atoms with Crippen LogP contribution in [0.15, 0.2) is 18.3 Å². The molecule has 0 aliphatic carbocycles. The molecule has 1 aliphatic rings. The normalized spacial score (nSPS) is 19.8. The number of nitrogens with zero attached hydrogens (tertiary/aromatic N) is 2. The van der Waals surface area contributed by atoms with E-state index in [0.29, 0.717) is 6.54 Å². The maximum absolute atomic E-state index is 12.3. The summed E-state index contributed by atoms with van der Waals surface area (Å²) in [6.07, 6.45) is 1.57. The Bertz CT molecular complexity index is 470. The summed E-state index contributed by atoms with van der Waals surface area (Å²) >= 11 is 2.17. The molecule has 0 saturated carbocycles. The molecule has 2 rings (SSSR count). The largest absolute Gasteiger partial charge is 0.444 e. The summed E-state index contributed by atoms with van der Waals surface area (Å²) in [6, 6.07) is 3.95. The van der Waals surface area contributed by atoms with Crippen molar-refractivity contribution in [3.05, 3.63) is 27.6 Å². The van der Waals surface area contributed by atoms with Crippen molar-refractivity contribution in [1.29, 1.82) is 0 Å². The van der Waals surface area contributed by atoms with Gasteiger partial charge in [-0.3, -0.25) is 4.90 Å². The lowest BCUT2D eigenvalue weighted by atomic mass is 10.1. The van der Waals surface area contributed by atoms with Crippen LogP contribution in [-0.2, 0) is 4.74 Å². The van der Waals surface area contributed by atoms with E-state index in [1.54, 1.807) is 4.90 Å². The Balaban J connectivity index is 2.16. The van der Waals surface area contributed by atoms with Crippen molar-refractivity contribution >= 4 is 28.7 Å². The molecular formula is C14H20IN3O2. The van der Waals surface area contributed by atoms with E-state index >= 15 is 0 Å². The minimum atomic E-state index is -0.475. The molecule has 5 nitrogen and oxygen atoms in total. The number of hydrogen-bond donors (Lipinski definition) is 1. The zero-order chi connectivity index (χ0) is 14.8. The number of rotatable bonds is 1. The molecule has 0 aromatic carbocycles. The molecule has 1 fully saturated rings. The first-order valence-corrected chi connectivity index (χ1v) is 7.76. The molecule has 1 aliphatic heterocycles. The maximum atomic E-state index is 12.3. The van der Waals surface area contributed by atoms with E-state index in [1.807, 2.05) is 39.1 Å². The molecule has 2 heterocycles. The first kappa shape index (κ1) is 15.5. The first-order valence-electron chi connectivity index (χ1n) is 6.68. The Morgan fingerprint density at radius 1 is 1.50 bits per heavy atom. The van der Waals surface area contributed by atoms with Crippen LogP contribution in [0.3, 0.4) is 0 Å². The molecule has 1 unspecified atom stereocenters. The summed E-state index contributed by atoms with van der Waals surface area (Å²) < 4.78 is 6.43. The van der Waals surface area contributed by atoms with Gasteiger partial charge in [-0.25, -0.2) is 9.78 Å². The van der Waals surface area contributed by atoms with Gasteiger partial charge in [-0.1, -0.05) is 6.07 Å². The van der Waals surface area contributed by atoms with Gasteiger partial charge in [0, 0.05) is 25.8 Å². The second kappa shape index (κ2) is 6.26. The zero-order valence-electron chi connectivity index (χ0n) is 12.0. The number of hydrogen-bond acceptors (Lipinski definition) is 4. The van der Waals surface area contributed by atoms with Crippen molar-refractivity contribution in [3.8, 4) is 0 Å². The van der Waals surface area contributed by atoms with Gasteiger partial charge in [0.25, 0.3) is 0 Å². The van der Waals surface area contributed by atoms with Crippen LogP contribution in [-0.4, -0.2) is 41.2 Å². The molecule has 1 amide bonds. The lowest BCUT2D eigenvalue weighted by molar-refractivity contribution is 0.0117. The van der Waals surface area contributed by atoms with Gasteiger partial charge in [0.05, 0.1) is 6.04 Å². The van der Waals surface area contributed by atoms with Crippen LogP contribution in [0.25, 0.3) is 0 Å². The van der Waals surface area contributed by atoms with E-state index in [0.717, 1.165) is 22.4 Å². The number of carbonyl (C=O) groups is 1. The van der Waals surface area contributed by atoms with Crippen molar-refractivity contribution in [2.45, 2.75) is 32.4 Å². The summed E-state index contributed by atoms with van der Waals surface area (Å²) in [7, 11) is 0. The van der Waals surface area contributed by atoms with E-state index in [9.17, 15) is 4.79 Å². The summed E-state index contributed by atoms with van der Waals surface area (Å²) in [4.78, 5) is 18.4. The number of pyridine rings is 1. The highest BCUT2D eigenvalue weighted by Gasteiger charge is 2.31. The number of ether oxygens (including phenoxy) is 1. The van der Waals surface area contributed by atoms with Crippen molar-refractivity contribution in [2.24, 2.45) is 0 Å². The van der Waals surface area contributed by atoms with E-state index in [1.165, 1.54) is 0 Å². The number of piperazine rings is 1. The quantitative estimate of drug-likeness (QED) is 0.593. The Hall–Kier alpha value is -0.890. The first-order chi connectivity index (χ1) is 9.37. The Morgan fingerprint density at radius 3 is 2.85 bits per heavy atom. The van der Waals surface area contributed by atoms with Crippen LogP contribution in [0, 0.1) is 3.70 Å². The maximum Gasteiger partial charge on any atom is 0.410 e. The number of carbonyl (C=O) groups excluding carboxylic acids is 1. The lowest BCUT2D eigenvalue weighted by Crippen LogP contribution is -2.50. The van der Waals surface area contributed by atoms with Crippen molar-refractivity contribution in [2.75, 3.05) is 19.6 Å². The van der Waals surface area contributed by atoms with Crippen molar-refractivity contribution < 1.29 is 9.53 Å². The van der Waals surface area contributed by atoms with Gasteiger partial charge in [-0.05, 0) is 55.0 Å². The summed E-state index contributed by atoms with van der Waals surface area (Å²) in [6.45, 7) is 7.80. The highest BCUT2D eigenvalue weighted by atomic mass is 127. The highest BCUT2D eigenvalue weighted by Crippen LogP contribution is 2.24. The van der Waals surface area contributed by atoms with Gasteiger partial charge in [0.2, 0.25) is 0 Å². The van der Waals surface area contributed by atoms with E-state index in [2.05, 4.69) is 32.9 Å². The SMILES string of the molecule is CC(C)(C)OC(=O)N1CCNCC1c1ccc(I)nc1. The molecule has 1 N–H and O–H groups in total. The Morgan fingerprint density at radius 2 is 2.25 bits per heavy atom. The van der Waals surface area contributed by atoms with Crippen molar-refractivity contribution in [3.63, 3.8) is 0 Å². The second-order valence-corrected chi connectivity index (χ2v) is 6.91. The smallest absolute Gasteiger partial charge is 0.410 e. The van der Waals surface area contributed by atoms with E-state index in [4.69, 9.17) is 4.74 Å². The molecule has 1 atom stereocenters. The number of amides is 1. The molecule has 1 aromatic rings. The van der Waals surface area contributed by atoms with Crippen molar-refractivity contribution in [1.82, 2.24) is 15.2 Å². The van der Waals surface area contributed by atoms with Crippen LogP contribution < -0.4 is 5.32 Å². The van der Waals surface area contributed by atoms with Gasteiger partial charge in [0.15, 0.2) is 0 Å². The minimum Gasteiger partial charge on any atom is -0.444 e. The predicted octanol–water partition coefficient (Wildman–Crippen LogP) is 2.57. The summed E-state index contributed by atoms with van der Waals surface area (Å²) in [5, 5.41) is 3.32. The number of aromatic nitrogens is 1. The highest BCUT2D eigenvalue weighted by molar-refractivity contribution is 14.1. The topological polar surface area (TPSA) is 54.5 Å². The van der Waals surface area contributed by atoms with Crippen LogP contribution in [0.4, 0.5) is 4.79 Å². The molecule has 0 bridgehead atoms. The molecule has 1 saturated heterocycles. The monoisotopic (exact) mass is 389 g/mol. The molecule has 20 heavy (non-hydrogen) atoms. The second-order valence-electron chi connectivity index (χ2n) is 5.81. The van der Waals surface area contributed by atoms with Gasteiger partial charge in [-0.15, -0.1) is 0 Å². The van der Waals surface area contributed by atoms with Gasteiger partial charge >= 0.3 is 6.09 Å². The molecule has 110 valence electrons. The predicted molar refractivity (Wildman–Crippen MR) is 85.5 cm³/mol. The molecule has 1 aromatic heterocycles. The third-order valence-electron chi connectivity index (χ3n) is 3.01. The standard InChI is InChI=1S/C14H20IN3O2/c1-14(2,3)20-13(19)18-7-6-16-9-11(18)10-4-5-12(15)17-8-10/h4-5,8,11,16H,6-7,9H2,1-3H3. The Kier molecular flexibility index (Phi) is 4.85. The lowest BCUT2D eigenvalue weighted by Gasteiger charge is -2.37. The third kappa shape index (κ3) is 4.05. The summed E-state index contributed by atoms with van der Waals surface area (Å²) in [5.41, 5.74) is 0.556. The van der Waals surface area contributed by atoms with Crippen LogP contribution in [0.2, 0.25) is 0 Å². The average Bonchev–Trinajstić information content (AvgIpc) is 2.38. The van der Waals surface area contributed by atoms with Crippen LogP contribution >= 0.6 is 22.6 Å². The van der Waals surface area contributed by atoms with Gasteiger partial charge in [0.1, 0.15) is 9.30 Å². The van der Waals surface area contributed by atoms with Crippen LogP contribution in [0.1, 0.15) is 32.4 Å². The minimum absolute atomic E-state index is 0.0249. The average molecular weight is 389 g/mol. The van der Waals surface area contributed by atoms with Gasteiger partial charge < -0.3 is 10.1 Å². The van der Waals surface area contributed by atoms with E-state index < -0.39 is 5.60 Å².